The molecule has 2 saturated heterocycles. The highest BCUT2D eigenvalue weighted by atomic mass is 16.5. The summed E-state index contributed by atoms with van der Waals surface area (Å²) in [4.78, 5) is 9.31. The fourth-order valence-corrected chi connectivity index (χ4v) is 3.72. The van der Waals surface area contributed by atoms with Crippen LogP contribution in [0.15, 0.2) is 24.4 Å². The average Bonchev–Trinajstić information content (AvgIpc) is 2.83. The van der Waals surface area contributed by atoms with Gasteiger partial charge in [0.15, 0.2) is 0 Å². The standard InChI is InChI=1S/C19H31N3O2/c1-16(2)21(3)11-17-10-19(24-13-17)14-22(8-9-23-15-19)12-18-6-4-5-7-20-18/h4-7,16-17H,8-15H2,1-3H3. The molecule has 0 saturated carbocycles. The molecule has 0 aliphatic carbocycles. The number of nitrogens with zero attached hydrogens (tertiary/aromatic N) is 3. The van der Waals surface area contributed by atoms with E-state index in [9.17, 15) is 0 Å². The molecule has 3 rings (SSSR count). The molecular weight excluding hydrogens is 302 g/mol. The van der Waals surface area contributed by atoms with Crippen molar-refractivity contribution < 1.29 is 9.47 Å². The molecular formula is C19H31N3O2. The molecule has 5 heteroatoms. The summed E-state index contributed by atoms with van der Waals surface area (Å²) in [5.74, 6) is 0.593. The second kappa shape index (κ2) is 7.91. The maximum atomic E-state index is 6.31. The Bertz CT molecular complexity index is 511. The van der Waals surface area contributed by atoms with Crippen molar-refractivity contribution in [3.05, 3.63) is 30.1 Å². The van der Waals surface area contributed by atoms with Crippen LogP contribution in [0, 0.1) is 5.92 Å². The van der Waals surface area contributed by atoms with E-state index >= 15 is 0 Å². The molecule has 5 nitrogen and oxygen atoms in total. The van der Waals surface area contributed by atoms with Gasteiger partial charge in [-0.05, 0) is 45.4 Å². The van der Waals surface area contributed by atoms with Gasteiger partial charge in [0.1, 0.15) is 5.60 Å². The quantitative estimate of drug-likeness (QED) is 0.824. The van der Waals surface area contributed by atoms with Gasteiger partial charge >= 0.3 is 0 Å². The van der Waals surface area contributed by atoms with E-state index < -0.39 is 0 Å². The Balaban J connectivity index is 1.60. The first-order chi connectivity index (χ1) is 11.6. The van der Waals surface area contributed by atoms with Gasteiger partial charge in [-0.1, -0.05) is 6.07 Å². The first kappa shape index (κ1) is 17.8. The van der Waals surface area contributed by atoms with Crippen molar-refractivity contribution in [1.29, 1.82) is 0 Å². The molecule has 0 amide bonds. The summed E-state index contributed by atoms with van der Waals surface area (Å²) in [6.45, 7) is 10.7. The van der Waals surface area contributed by atoms with Crippen LogP contribution in [-0.2, 0) is 16.0 Å². The van der Waals surface area contributed by atoms with E-state index in [-0.39, 0.29) is 5.60 Å². The lowest BCUT2D eigenvalue weighted by atomic mass is 9.93. The van der Waals surface area contributed by atoms with Gasteiger partial charge in [-0.15, -0.1) is 0 Å². The third-order valence-corrected chi connectivity index (χ3v) is 5.25. The molecule has 1 aromatic rings. The van der Waals surface area contributed by atoms with Crippen molar-refractivity contribution in [2.24, 2.45) is 5.92 Å². The third kappa shape index (κ3) is 4.54. The fraction of sp³-hybridized carbons (Fsp3) is 0.737. The average molecular weight is 333 g/mol. The Morgan fingerprint density at radius 2 is 2.29 bits per heavy atom. The van der Waals surface area contributed by atoms with Crippen molar-refractivity contribution in [3.63, 3.8) is 0 Å². The molecule has 3 heterocycles. The molecule has 1 aromatic heterocycles. The van der Waals surface area contributed by atoms with Crippen LogP contribution in [0.3, 0.4) is 0 Å². The van der Waals surface area contributed by atoms with Gasteiger partial charge in [0.05, 0.1) is 25.5 Å². The monoisotopic (exact) mass is 333 g/mol. The van der Waals surface area contributed by atoms with E-state index in [0.717, 1.165) is 51.5 Å². The maximum absolute atomic E-state index is 6.31. The predicted molar refractivity (Wildman–Crippen MR) is 94.9 cm³/mol. The summed E-state index contributed by atoms with van der Waals surface area (Å²) in [6, 6.07) is 6.68. The number of ether oxygens (including phenoxy) is 2. The summed E-state index contributed by atoms with van der Waals surface area (Å²) in [7, 11) is 2.20. The van der Waals surface area contributed by atoms with Gasteiger partial charge in [-0.3, -0.25) is 9.88 Å². The molecule has 2 aliphatic rings. The van der Waals surface area contributed by atoms with Crippen molar-refractivity contribution >= 4 is 0 Å². The molecule has 0 bridgehead atoms. The first-order valence-electron chi connectivity index (χ1n) is 9.10. The number of aromatic nitrogens is 1. The lowest BCUT2D eigenvalue weighted by molar-refractivity contribution is -0.0564. The van der Waals surface area contributed by atoms with Crippen LogP contribution < -0.4 is 0 Å². The minimum Gasteiger partial charge on any atom is -0.377 e. The Kier molecular flexibility index (Phi) is 5.87. The highest BCUT2D eigenvalue weighted by Gasteiger charge is 2.43. The smallest absolute Gasteiger partial charge is 0.104 e. The van der Waals surface area contributed by atoms with E-state index in [1.54, 1.807) is 0 Å². The molecule has 134 valence electrons. The predicted octanol–water partition coefficient (Wildman–Crippen LogP) is 2.03. The van der Waals surface area contributed by atoms with Crippen LogP contribution in [0.4, 0.5) is 0 Å². The molecule has 1 spiro atoms. The van der Waals surface area contributed by atoms with Gasteiger partial charge < -0.3 is 14.4 Å². The lowest BCUT2D eigenvalue weighted by Gasteiger charge is -2.31. The number of rotatable bonds is 5. The van der Waals surface area contributed by atoms with E-state index in [1.165, 1.54) is 0 Å². The summed E-state index contributed by atoms with van der Waals surface area (Å²) in [5.41, 5.74) is 0.969. The molecule has 0 aromatic carbocycles. The van der Waals surface area contributed by atoms with Crippen LogP contribution in [-0.4, -0.2) is 72.9 Å². The highest BCUT2D eigenvalue weighted by molar-refractivity contribution is 5.04. The van der Waals surface area contributed by atoms with Gasteiger partial charge in [0, 0.05) is 38.4 Å². The molecule has 24 heavy (non-hydrogen) atoms. The minimum atomic E-state index is -0.145. The number of hydrogen-bond acceptors (Lipinski definition) is 5. The fourth-order valence-electron chi connectivity index (χ4n) is 3.72. The maximum Gasteiger partial charge on any atom is 0.104 e. The minimum absolute atomic E-state index is 0.145. The molecule has 2 atom stereocenters. The Morgan fingerprint density at radius 3 is 3.04 bits per heavy atom. The van der Waals surface area contributed by atoms with Crippen molar-refractivity contribution in [2.45, 2.75) is 38.5 Å². The van der Waals surface area contributed by atoms with Crippen LogP contribution >= 0.6 is 0 Å². The zero-order chi connectivity index (χ0) is 17.0. The zero-order valence-electron chi connectivity index (χ0n) is 15.3. The second-order valence-corrected chi connectivity index (χ2v) is 7.68. The van der Waals surface area contributed by atoms with Crippen LogP contribution in [0.5, 0.6) is 0 Å². The lowest BCUT2D eigenvalue weighted by Crippen LogP contribution is -2.44. The van der Waals surface area contributed by atoms with Crippen LogP contribution in [0.25, 0.3) is 0 Å². The molecule has 2 unspecified atom stereocenters. The molecule has 2 aliphatic heterocycles. The van der Waals surface area contributed by atoms with Gasteiger partial charge in [0.2, 0.25) is 0 Å². The molecule has 0 radical (unpaired) electrons. The zero-order valence-corrected chi connectivity index (χ0v) is 15.3. The molecule has 2 fully saturated rings. The Morgan fingerprint density at radius 1 is 1.42 bits per heavy atom. The Hall–Kier alpha value is -1.01. The summed E-state index contributed by atoms with van der Waals surface area (Å²) in [6.07, 6.45) is 2.95. The molecule has 0 N–H and O–H groups in total. The van der Waals surface area contributed by atoms with Crippen molar-refractivity contribution in [2.75, 3.05) is 46.5 Å². The second-order valence-electron chi connectivity index (χ2n) is 7.68. The highest BCUT2D eigenvalue weighted by Crippen LogP contribution is 2.33. The van der Waals surface area contributed by atoms with E-state index in [2.05, 4.69) is 47.8 Å². The van der Waals surface area contributed by atoms with E-state index in [1.807, 2.05) is 12.3 Å². The van der Waals surface area contributed by atoms with Gasteiger partial charge in [-0.25, -0.2) is 0 Å². The van der Waals surface area contributed by atoms with Gasteiger partial charge in [0.25, 0.3) is 0 Å². The summed E-state index contributed by atoms with van der Waals surface area (Å²) >= 11 is 0. The van der Waals surface area contributed by atoms with E-state index in [0.29, 0.717) is 18.6 Å². The van der Waals surface area contributed by atoms with Crippen LogP contribution in [0.1, 0.15) is 26.0 Å². The van der Waals surface area contributed by atoms with Crippen LogP contribution in [0.2, 0.25) is 0 Å². The first-order valence-corrected chi connectivity index (χ1v) is 9.10. The Labute approximate surface area is 145 Å². The third-order valence-electron chi connectivity index (χ3n) is 5.25. The normalized spacial score (nSPS) is 28.8. The number of pyridine rings is 1. The van der Waals surface area contributed by atoms with Crippen molar-refractivity contribution in [1.82, 2.24) is 14.8 Å². The largest absolute Gasteiger partial charge is 0.377 e. The topological polar surface area (TPSA) is 37.8 Å². The van der Waals surface area contributed by atoms with Crippen molar-refractivity contribution in [3.8, 4) is 0 Å². The van der Waals surface area contributed by atoms with E-state index in [4.69, 9.17) is 9.47 Å². The SMILES string of the molecule is CC(C)N(C)CC1COC2(COCCN(Cc3ccccn3)C2)C1. The summed E-state index contributed by atoms with van der Waals surface area (Å²) < 4.78 is 12.2. The number of hydrogen-bond donors (Lipinski definition) is 0. The van der Waals surface area contributed by atoms with Gasteiger partial charge in [-0.2, -0.15) is 0 Å². The summed E-state index contributed by atoms with van der Waals surface area (Å²) in [5, 5.41) is 0.